The van der Waals surface area contributed by atoms with Crippen LogP contribution < -0.4 is 5.32 Å². The van der Waals surface area contributed by atoms with E-state index in [2.05, 4.69) is 19.2 Å². The van der Waals surface area contributed by atoms with Crippen molar-refractivity contribution in [2.24, 2.45) is 0 Å². The summed E-state index contributed by atoms with van der Waals surface area (Å²) in [4.78, 5) is 0. The van der Waals surface area contributed by atoms with Gasteiger partial charge in [0, 0.05) is 11.1 Å². The average Bonchev–Trinajstić information content (AvgIpc) is 2.27. The third-order valence-corrected chi connectivity index (χ3v) is 4.97. The SMILES string of the molecule is CCCC12CCCCCCCC(CCC)(C1)N2. The first-order valence-electron chi connectivity index (χ1n) is 8.04. The van der Waals surface area contributed by atoms with Crippen LogP contribution in [0, 0.1) is 0 Å². The van der Waals surface area contributed by atoms with E-state index in [4.69, 9.17) is 0 Å². The molecule has 0 aromatic heterocycles. The number of hydrogen-bond donors (Lipinski definition) is 1. The fourth-order valence-electron chi connectivity index (χ4n) is 4.46. The van der Waals surface area contributed by atoms with Gasteiger partial charge in [-0.05, 0) is 32.1 Å². The second-order valence-electron chi connectivity index (χ2n) is 6.63. The lowest BCUT2D eigenvalue weighted by molar-refractivity contribution is 0.00743. The molecule has 0 amide bonds. The van der Waals surface area contributed by atoms with Crippen LogP contribution in [0.15, 0.2) is 0 Å². The van der Waals surface area contributed by atoms with Crippen molar-refractivity contribution in [3.05, 3.63) is 0 Å². The van der Waals surface area contributed by atoms with Crippen LogP contribution in [0.2, 0.25) is 0 Å². The molecule has 2 unspecified atom stereocenters. The van der Waals surface area contributed by atoms with Gasteiger partial charge in [-0.2, -0.15) is 0 Å². The predicted molar refractivity (Wildman–Crippen MR) is 75.3 cm³/mol. The Morgan fingerprint density at radius 1 is 0.765 bits per heavy atom. The molecule has 17 heavy (non-hydrogen) atoms. The van der Waals surface area contributed by atoms with Gasteiger partial charge in [0.05, 0.1) is 0 Å². The molecule has 3 fully saturated rings. The summed E-state index contributed by atoms with van der Waals surface area (Å²) in [5.74, 6) is 0. The molecule has 100 valence electrons. The third-order valence-electron chi connectivity index (χ3n) is 4.97. The van der Waals surface area contributed by atoms with E-state index in [0.717, 1.165) is 0 Å². The number of fused-ring (bicyclic) bond motifs is 6. The predicted octanol–water partition coefficient (Wildman–Crippen LogP) is 4.80. The van der Waals surface area contributed by atoms with Gasteiger partial charge in [0.2, 0.25) is 0 Å². The molecule has 2 atom stereocenters. The minimum Gasteiger partial charge on any atom is -0.306 e. The minimum absolute atomic E-state index is 0.543. The smallest absolute Gasteiger partial charge is 0.0204 e. The van der Waals surface area contributed by atoms with Crippen molar-refractivity contribution in [2.75, 3.05) is 0 Å². The summed E-state index contributed by atoms with van der Waals surface area (Å²) in [5, 5.41) is 4.08. The molecule has 3 aliphatic rings. The summed E-state index contributed by atoms with van der Waals surface area (Å²) in [7, 11) is 0. The monoisotopic (exact) mass is 237 g/mol. The molecule has 3 rings (SSSR count). The summed E-state index contributed by atoms with van der Waals surface area (Å²) in [5.41, 5.74) is 1.09. The van der Waals surface area contributed by atoms with Crippen LogP contribution in [0.25, 0.3) is 0 Å². The summed E-state index contributed by atoms with van der Waals surface area (Å²) < 4.78 is 0. The normalized spacial score (nSPS) is 38.5. The van der Waals surface area contributed by atoms with Gasteiger partial charge in [0.1, 0.15) is 0 Å². The molecule has 1 saturated carbocycles. The fourth-order valence-corrected chi connectivity index (χ4v) is 4.46. The van der Waals surface area contributed by atoms with Gasteiger partial charge >= 0.3 is 0 Å². The Morgan fingerprint density at radius 3 is 1.59 bits per heavy atom. The maximum atomic E-state index is 4.08. The van der Waals surface area contributed by atoms with Crippen LogP contribution in [-0.2, 0) is 0 Å². The Bertz CT molecular complexity index is 206. The lowest BCUT2D eigenvalue weighted by Crippen LogP contribution is -2.71. The van der Waals surface area contributed by atoms with E-state index in [1.165, 1.54) is 77.0 Å². The molecule has 1 aliphatic carbocycles. The molecule has 1 nitrogen and oxygen atoms in total. The molecule has 1 heteroatoms. The van der Waals surface area contributed by atoms with Gasteiger partial charge in [0.25, 0.3) is 0 Å². The Kier molecular flexibility index (Phi) is 4.52. The third kappa shape index (κ3) is 3.05. The van der Waals surface area contributed by atoms with Crippen LogP contribution in [0.1, 0.15) is 90.9 Å². The van der Waals surface area contributed by atoms with E-state index in [9.17, 15) is 0 Å². The molecular weight excluding hydrogens is 206 g/mol. The Morgan fingerprint density at radius 2 is 1.18 bits per heavy atom. The molecule has 0 spiro atoms. The van der Waals surface area contributed by atoms with Crippen molar-refractivity contribution in [3.63, 3.8) is 0 Å². The van der Waals surface area contributed by atoms with Crippen molar-refractivity contribution in [1.82, 2.24) is 5.32 Å². The van der Waals surface area contributed by atoms with E-state index >= 15 is 0 Å². The zero-order valence-corrected chi connectivity index (χ0v) is 12.0. The van der Waals surface area contributed by atoms with Gasteiger partial charge < -0.3 is 5.32 Å². The number of hydrogen-bond acceptors (Lipinski definition) is 1. The van der Waals surface area contributed by atoms with Crippen LogP contribution in [0.3, 0.4) is 0 Å². The van der Waals surface area contributed by atoms with Crippen LogP contribution in [-0.4, -0.2) is 11.1 Å². The van der Waals surface area contributed by atoms with Crippen molar-refractivity contribution in [1.29, 1.82) is 0 Å². The Balaban J connectivity index is 1.99. The van der Waals surface area contributed by atoms with Gasteiger partial charge in [-0.1, -0.05) is 58.8 Å². The van der Waals surface area contributed by atoms with Gasteiger partial charge in [-0.15, -0.1) is 0 Å². The molecular formula is C16H31N. The maximum absolute atomic E-state index is 4.08. The lowest BCUT2D eigenvalue weighted by atomic mass is 9.63. The standard InChI is InChI=1S/C16H31N/c1-3-10-15-12-8-6-5-7-9-13-16(14-15,17-15)11-4-2/h17H,3-14H2,1-2H3. The number of nitrogens with one attached hydrogen (secondary N) is 1. The highest BCUT2D eigenvalue weighted by Crippen LogP contribution is 2.46. The Hall–Kier alpha value is -0.0400. The zero-order valence-electron chi connectivity index (χ0n) is 12.0. The highest BCUT2D eigenvalue weighted by molar-refractivity contribution is 5.12. The molecule has 0 radical (unpaired) electrons. The average molecular weight is 237 g/mol. The quantitative estimate of drug-likeness (QED) is 0.740. The van der Waals surface area contributed by atoms with E-state index in [1.807, 2.05) is 0 Å². The van der Waals surface area contributed by atoms with Crippen molar-refractivity contribution < 1.29 is 0 Å². The largest absolute Gasteiger partial charge is 0.306 e. The molecule has 2 heterocycles. The van der Waals surface area contributed by atoms with Crippen molar-refractivity contribution in [3.8, 4) is 0 Å². The van der Waals surface area contributed by atoms with E-state index in [1.54, 1.807) is 0 Å². The van der Waals surface area contributed by atoms with E-state index < -0.39 is 0 Å². The molecule has 1 N–H and O–H groups in total. The van der Waals surface area contributed by atoms with Crippen molar-refractivity contribution in [2.45, 2.75) is 102 Å². The highest BCUT2D eigenvalue weighted by atomic mass is 15.1. The van der Waals surface area contributed by atoms with Gasteiger partial charge in [0.15, 0.2) is 0 Å². The first kappa shape index (κ1) is 13.4. The second kappa shape index (κ2) is 5.73. The Labute approximate surface area is 108 Å². The van der Waals surface area contributed by atoms with E-state index in [0.29, 0.717) is 11.1 Å². The van der Waals surface area contributed by atoms with Crippen LogP contribution >= 0.6 is 0 Å². The van der Waals surface area contributed by atoms with Crippen LogP contribution in [0.4, 0.5) is 0 Å². The molecule has 2 saturated heterocycles. The summed E-state index contributed by atoms with van der Waals surface area (Å²) in [6, 6.07) is 0. The van der Waals surface area contributed by atoms with Gasteiger partial charge in [-0.25, -0.2) is 0 Å². The first-order chi connectivity index (χ1) is 8.24. The highest BCUT2D eigenvalue weighted by Gasteiger charge is 2.51. The molecule has 0 aromatic carbocycles. The van der Waals surface area contributed by atoms with Crippen molar-refractivity contribution >= 4 is 0 Å². The fraction of sp³-hybridized carbons (Fsp3) is 1.00. The van der Waals surface area contributed by atoms with Crippen LogP contribution in [0.5, 0.6) is 0 Å². The zero-order chi connectivity index (χ0) is 12.2. The van der Waals surface area contributed by atoms with Gasteiger partial charge in [-0.3, -0.25) is 0 Å². The summed E-state index contributed by atoms with van der Waals surface area (Å²) in [6.07, 6.45) is 17.2. The molecule has 0 aromatic rings. The first-order valence-corrected chi connectivity index (χ1v) is 8.04. The second-order valence-corrected chi connectivity index (χ2v) is 6.63. The summed E-state index contributed by atoms with van der Waals surface area (Å²) >= 11 is 0. The lowest BCUT2D eigenvalue weighted by Gasteiger charge is -2.59. The molecule has 2 aliphatic heterocycles. The summed E-state index contributed by atoms with van der Waals surface area (Å²) in [6.45, 7) is 4.68. The maximum Gasteiger partial charge on any atom is 0.0204 e. The molecule has 2 bridgehead atoms. The topological polar surface area (TPSA) is 12.0 Å². The number of rotatable bonds is 4. The van der Waals surface area contributed by atoms with E-state index in [-0.39, 0.29) is 0 Å². The minimum atomic E-state index is 0.543.